The molecule has 31 heteroatoms. The zero-order valence-electron chi connectivity index (χ0n) is 40.8. The number of rotatable bonds is 32. The number of aliphatic carboxylic acids is 2. The molecule has 0 spiro atoms. The van der Waals surface area contributed by atoms with Gasteiger partial charge < -0.3 is 90.2 Å². The van der Waals surface area contributed by atoms with E-state index in [9.17, 15) is 92.7 Å². The van der Waals surface area contributed by atoms with Crippen molar-refractivity contribution >= 4 is 82.8 Å². The number of aliphatic hydroxyl groups is 2. The fraction of sp³-hybridized carbons (Fsp3) is 0.535. The lowest BCUT2D eigenvalue weighted by molar-refractivity contribution is -0.139. The molecule has 19 N–H and O–H groups in total. The molecule has 0 saturated carbocycles. The van der Waals surface area contributed by atoms with Gasteiger partial charge in [-0.1, -0.05) is 12.1 Å². The van der Waals surface area contributed by atoms with Gasteiger partial charge in [-0.05, 0) is 58.2 Å². The molecule has 31 nitrogen and oxygen atoms in total. The highest BCUT2D eigenvalue weighted by atomic mass is 16.4. The molecule has 0 heterocycles. The number of benzene rings is 1. The molecule has 0 aliphatic rings. The first-order chi connectivity index (χ1) is 34.5. The SMILES string of the molecule is CC(=O)N[C@@H](CC(N)=O)C(=O)N[C@@H](C)C(=O)N[C@@H](CCC(=O)O)C(=O)N[C@@H](C)C(=O)N[C@@H](CO)C(=O)N[C@@H](C)C(=O)N[C@@H](CCC(=O)O)C(=O)N[C@@H](CO)C(=O)N[C@@H](C)C(=O)N[C@@H](Cc1ccc(O)cc1)C(N)=O. The number of hydrogen-bond acceptors (Lipinski definition) is 17. The Hall–Kier alpha value is -8.48. The van der Waals surface area contributed by atoms with Crippen molar-refractivity contribution in [1.82, 2.24) is 53.2 Å². The third kappa shape index (κ3) is 23.2. The van der Waals surface area contributed by atoms with Crippen molar-refractivity contribution in [1.29, 1.82) is 0 Å². The number of nitrogens with one attached hydrogen (secondary N) is 10. The maximum Gasteiger partial charge on any atom is 0.303 e. The topological polar surface area (TPSA) is 512 Å². The van der Waals surface area contributed by atoms with Gasteiger partial charge in [0, 0.05) is 26.2 Å². The van der Waals surface area contributed by atoms with Gasteiger partial charge in [0.25, 0.3) is 0 Å². The maximum atomic E-state index is 13.3. The number of carboxylic acids is 2. The minimum absolute atomic E-state index is 0.0534. The molecule has 0 fully saturated rings. The average molecular weight is 1050 g/mol. The molecule has 0 radical (unpaired) electrons. The zero-order valence-corrected chi connectivity index (χ0v) is 40.8. The molecule has 12 amide bonds. The molecule has 410 valence electrons. The van der Waals surface area contributed by atoms with Crippen LogP contribution < -0.4 is 64.6 Å². The largest absolute Gasteiger partial charge is 0.508 e. The molecule has 0 unspecified atom stereocenters. The van der Waals surface area contributed by atoms with Crippen LogP contribution >= 0.6 is 0 Å². The molecule has 0 aromatic heterocycles. The van der Waals surface area contributed by atoms with Gasteiger partial charge in [0.15, 0.2) is 0 Å². The van der Waals surface area contributed by atoms with Crippen molar-refractivity contribution in [3.63, 3.8) is 0 Å². The van der Waals surface area contributed by atoms with Crippen LogP contribution in [0.2, 0.25) is 0 Å². The van der Waals surface area contributed by atoms with Crippen molar-refractivity contribution in [2.24, 2.45) is 11.5 Å². The zero-order chi connectivity index (χ0) is 56.6. The Morgan fingerprint density at radius 2 is 0.757 bits per heavy atom. The first-order valence-corrected chi connectivity index (χ1v) is 22.5. The number of hydrogen-bond donors (Lipinski definition) is 17. The number of carbonyl (C=O) groups excluding carboxylic acids is 12. The number of nitrogens with two attached hydrogens (primary N) is 2. The third-order valence-corrected chi connectivity index (χ3v) is 10.3. The van der Waals surface area contributed by atoms with Crippen LogP contribution in [0.15, 0.2) is 24.3 Å². The van der Waals surface area contributed by atoms with Crippen LogP contribution in [0.5, 0.6) is 5.75 Å². The van der Waals surface area contributed by atoms with E-state index in [1.807, 2.05) is 0 Å². The fourth-order valence-electron chi connectivity index (χ4n) is 6.19. The maximum absolute atomic E-state index is 13.3. The summed E-state index contributed by atoms with van der Waals surface area (Å²) >= 11 is 0. The molecule has 74 heavy (non-hydrogen) atoms. The number of aromatic hydroxyl groups is 1. The lowest BCUT2D eigenvalue weighted by Crippen LogP contribution is -2.60. The lowest BCUT2D eigenvalue weighted by Gasteiger charge is -2.26. The van der Waals surface area contributed by atoms with E-state index >= 15 is 0 Å². The first-order valence-electron chi connectivity index (χ1n) is 22.5. The highest BCUT2D eigenvalue weighted by molar-refractivity contribution is 5.99. The van der Waals surface area contributed by atoms with Gasteiger partial charge >= 0.3 is 11.9 Å². The van der Waals surface area contributed by atoms with Gasteiger partial charge in [-0.25, -0.2) is 0 Å². The van der Waals surface area contributed by atoms with Crippen LogP contribution in [0.25, 0.3) is 0 Å². The molecule has 0 aliphatic heterocycles. The highest BCUT2D eigenvalue weighted by Crippen LogP contribution is 2.12. The molecular weight excluding hydrogens is 989 g/mol. The van der Waals surface area contributed by atoms with E-state index in [0.717, 1.165) is 27.7 Å². The Kier molecular flexibility index (Phi) is 26.7. The minimum atomic E-state index is -1.82. The molecule has 1 rings (SSSR count). The summed E-state index contributed by atoms with van der Waals surface area (Å²) < 4.78 is 0. The van der Waals surface area contributed by atoms with Gasteiger partial charge in [0.1, 0.15) is 66.2 Å². The van der Waals surface area contributed by atoms with Crippen molar-refractivity contribution in [2.75, 3.05) is 13.2 Å². The van der Waals surface area contributed by atoms with E-state index < -0.39 is 189 Å². The van der Waals surface area contributed by atoms with Crippen LogP contribution in [-0.4, -0.2) is 182 Å². The van der Waals surface area contributed by atoms with E-state index in [-0.39, 0.29) is 12.2 Å². The van der Waals surface area contributed by atoms with Gasteiger partial charge in [0.05, 0.1) is 19.6 Å². The number of primary amides is 2. The number of carboxylic acid groups (broad SMARTS) is 2. The van der Waals surface area contributed by atoms with Gasteiger partial charge in [-0.15, -0.1) is 0 Å². The van der Waals surface area contributed by atoms with Crippen LogP contribution in [0.4, 0.5) is 0 Å². The summed E-state index contributed by atoms with van der Waals surface area (Å²) in [4.78, 5) is 175. The summed E-state index contributed by atoms with van der Waals surface area (Å²) in [6, 6.07) is -10.1. The summed E-state index contributed by atoms with van der Waals surface area (Å²) in [6.07, 6.45) is -3.26. The molecule has 0 aliphatic carbocycles. The van der Waals surface area contributed by atoms with Crippen molar-refractivity contribution in [3.8, 4) is 5.75 Å². The summed E-state index contributed by atoms with van der Waals surface area (Å²) in [6.45, 7) is 3.42. The Bertz CT molecular complexity index is 2230. The molecule has 1 aromatic carbocycles. The van der Waals surface area contributed by atoms with Crippen molar-refractivity contribution in [3.05, 3.63) is 29.8 Å². The number of amides is 12. The summed E-state index contributed by atoms with van der Waals surface area (Å²) in [5.74, 6) is -15.3. The average Bonchev–Trinajstić information content (AvgIpc) is 3.31. The van der Waals surface area contributed by atoms with E-state index in [2.05, 4.69) is 53.2 Å². The predicted molar refractivity (Wildman–Crippen MR) is 250 cm³/mol. The molecular formula is C43H64N12O19. The molecule has 0 saturated heterocycles. The van der Waals surface area contributed by atoms with Crippen LogP contribution in [0.3, 0.4) is 0 Å². The highest BCUT2D eigenvalue weighted by Gasteiger charge is 2.34. The summed E-state index contributed by atoms with van der Waals surface area (Å²) in [5.41, 5.74) is 11.1. The Morgan fingerprint density at radius 3 is 1.08 bits per heavy atom. The number of aliphatic hydroxyl groups excluding tert-OH is 2. The van der Waals surface area contributed by atoms with E-state index in [1.54, 1.807) is 0 Å². The smallest absolute Gasteiger partial charge is 0.303 e. The standard InChI is InChI=1S/C43H64N12O19/c1-18(47-41(72)28(15-31(44)60)50-22(5)58)35(66)51-25(10-12-32(61)62)39(70)46-21(4)38(69)54-29(16-56)42(73)48-19(2)36(67)52-26(11-13-33(63)64)40(71)55-30(17-57)43(74)49-20(3)37(68)53-27(34(45)65)14-23-6-8-24(59)9-7-23/h6-9,18-21,25-30,56-57,59H,10-17H2,1-5H3,(H2,44,60)(H2,45,65)(H,46,70)(H,47,72)(H,48,73)(H,49,74)(H,50,58)(H,51,66)(H,52,67)(H,53,68)(H,54,69)(H,55,71)(H,61,62)(H,63,64)/t18-,19-,20-,21-,25-,26-,27-,28-,29-,30-/m0/s1. The number of carbonyl (C=O) groups is 14. The predicted octanol–water partition coefficient (Wildman–Crippen LogP) is -8.04. The van der Waals surface area contributed by atoms with Gasteiger partial charge in [0.2, 0.25) is 70.9 Å². The second-order valence-electron chi connectivity index (χ2n) is 16.7. The summed E-state index contributed by atoms with van der Waals surface area (Å²) in [7, 11) is 0. The van der Waals surface area contributed by atoms with Crippen LogP contribution in [0.1, 0.15) is 72.3 Å². The number of phenolic OH excluding ortho intramolecular Hbond substituents is 1. The Labute approximate surface area is 421 Å². The fourth-order valence-corrected chi connectivity index (χ4v) is 6.19. The van der Waals surface area contributed by atoms with Gasteiger partial charge in [-0.2, -0.15) is 0 Å². The van der Waals surface area contributed by atoms with E-state index in [4.69, 9.17) is 11.5 Å². The van der Waals surface area contributed by atoms with Crippen molar-refractivity contribution < 1.29 is 92.7 Å². The third-order valence-electron chi connectivity index (χ3n) is 10.3. The second kappa shape index (κ2) is 31.1. The molecule has 1 aromatic rings. The Morgan fingerprint density at radius 1 is 0.446 bits per heavy atom. The number of phenols is 1. The summed E-state index contributed by atoms with van der Waals surface area (Å²) in [5, 5.41) is 69.9. The molecule has 0 bridgehead atoms. The van der Waals surface area contributed by atoms with Gasteiger partial charge in [-0.3, -0.25) is 67.1 Å². The van der Waals surface area contributed by atoms with E-state index in [0.29, 0.717) is 5.56 Å². The monoisotopic (exact) mass is 1050 g/mol. The quantitative estimate of drug-likeness (QED) is 0.0319. The van der Waals surface area contributed by atoms with E-state index in [1.165, 1.54) is 31.2 Å². The Balaban J connectivity index is 3.00. The normalized spacial score (nSPS) is 14.8. The first kappa shape index (κ1) is 63.5. The van der Waals surface area contributed by atoms with Crippen molar-refractivity contribution in [2.45, 2.75) is 134 Å². The molecule has 10 atom stereocenters. The van der Waals surface area contributed by atoms with Crippen LogP contribution in [0, 0.1) is 0 Å². The van der Waals surface area contributed by atoms with Crippen LogP contribution in [-0.2, 0) is 73.5 Å². The second-order valence-corrected chi connectivity index (χ2v) is 16.7. The minimum Gasteiger partial charge on any atom is -0.508 e. The lowest BCUT2D eigenvalue weighted by atomic mass is 10.0.